The van der Waals surface area contributed by atoms with Gasteiger partial charge in [0.2, 0.25) is 5.91 Å². The Hall–Kier alpha value is -2.24. The summed E-state index contributed by atoms with van der Waals surface area (Å²) in [6.45, 7) is 2.52. The number of carbonyl (C=O) groups is 2. The van der Waals surface area contributed by atoms with Crippen LogP contribution < -0.4 is 4.90 Å². The molecule has 1 fully saturated rings. The molecule has 0 aromatic heterocycles. The van der Waals surface area contributed by atoms with Crippen LogP contribution in [0.15, 0.2) is 24.3 Å². The van der Waals surface area contributed by atoms with Crippen molar-refractivity contribution < 1.29 is 19.8 Å². The van der Waals surface area contributed by atoms with Gasteiger partial charge in [0.1, 0.15) is 5.75 Å². The van der Waals surface area contributed by atoms with Gasteiger partial charge in [0.25, 0.3) is 0 Å². The lowest BCUT2D eigenvalue weighted by Gasteiger charge is -2.36. The molecule has 1 heterocycles. The highest BCUT2D eigenvalue weighted by atomic mass is 16.4. The van der Waals surface area contributed by atoms with Crippen molar-refractivity contribution in [3.63, 3.8) is 0 Å². The third-order valence-electron chi connectivity index (χ3n) is 3.38. The summed E-state index contributed by atoms with van der Waals surface area (Å²) in [5.41, 5.74) is 0.933. The lowest BCUT2D eigenvalue weighted by atomic mass is 10.2. The fourth-order valence-corrected chi connectivity index (χ4v) is 2.28. The molecule has 1 aromatic rings. The van der Waals surface area contributed by atoms with Crippen LogP contribution in [-0.2, 0) is 9.59 Å². The summed E-state index contributed by atoms with van der Waals surface area (Å²) in [5.74, 6) is -0.831. The van der Waals surface area contributed by atoms with Gasteiger partial charge in [-0.15, -0.1) is 0 Å². The SMILES string of the molecule is O=C(O)CCC(=O)N1CCN(c2cccc(O)c2)CC1. The zero-order valence-electron chi connectivity index (χ0n) is 11.2. The first-order chi connectivity index (χ1) is 9.56. The van der Waals surface area contributed by atoms with E-state index in [9.17, 15) is 14.7 Å². The second kappa shape index (κ2) is 6.27. The van der Waals surface area contributed by atoms with Crippen molar-refractivity contribution in [2.75, 3.05) is 31.1 Å². The minimum Gasteiger partial charge on any atom is -0.508 e. The number of carboxylic acids is 1. The third-order valence-corrected chi connectivity index (χ3v) is 3.38. The van der Waals surface area contributed by atoms with Crippen LogP contribution in [0, 0.1) is 0 Å². The number of anilines is 1. The number of amides is 1. The molecule has 0 unspecified atom stereocenters. The van der Waals surface area contributed by atoms with E-state index in [0.717, 1.165) is 5.69 Å². The number of hydrogen-bond acceptors (Lipinski definition) is 4. The molecule has 1 saturated heterocycles. The maximum absolute atomic E-state index is 11.8. The zero-order valence-corrected chi connectivity index (χ0v) is 11.2. The summed E-state index contributed by atoms with van der Waals surface area (Å²) in [6.07, 6.45) is -0.0624. The normalized spacial score (nSPS) is 15.2. The van der Waals surface area contributed by atoms with E-state index in [1.54, 1.807) is 23.1 Å². The van der Waals surface area contributed by atoms with Gasteiger partial charge in [-0.05, 0) is 12.1 Å². The number of carboxylic acid groups (broad SMARTS) is 1. The smallest absolute Gasteiger partial charge is 0.303 e. The second-order valence-electron chi connectivity index (χ2n) is 4.78. The largest absolute Gasteiger partial charge is 0.508 e. The Morgan fingerprint density at radius 1 is 1.10 bits per heavy atom. The van der Waals surface area contributed by atoms with Gasteiger partial charge in [-0.2, -0.15) is 0 Å². The Morgan fingerprint density at radius 2 is 1.80 bits per heavy atom. The Labute approximate surface area is 117 Å². The van der Waals surface area contributed by atoms with Crippen molar-refractivity contribution >= 4 is 17.6 Å². The molecule has 0 radical (unpaired) electrons. The number of rotatable bonds is 4. The van der Waals surface area contributed by atoms with Crippen molar-refractivity contribution in [2.24, 2.45) is 0 Å². The lowest BCUT2D eigenvalue weighted by Crippen LogP contribution is -2.48. The monoisotopic (exact) mass is 278 g/mol. The van der Waals surface area contributed by atoms with Gasteiger partial charge in [-0.25, -0.2) is 0 Å². The van der Waals surface area contributed by atoms with E-state index in [1.165, 1.54) is 0 Å². The molecular weight excluding hydrogens is 260 g/mol. The maximum Gasteiger partial charge on any atom is 0.303 e. The molecule has 1 aromatic carbocycles. The van der Waals surface area contributed by atoms with Gasteiger partial charge < -0.3 is 20.0 Å². The minimum absolute atomic E-state index is 0.0570. The summed E-state index contributed by atoms with van der Waals surface area (Å²) in [4.78, 5) is 26.1. The average molecular weight is 278 g/mol. The molecule has 0 spiro atoms. The van der Waals surface area contributed by atoms with Crippen LogP contribution in [0.1, 0.15) is 12.8 Å². The van der Waals surface area contributed by atoms with Gasteiger partial charge >= 0.3 is 5.97 Å². The highest BCUT2D eigenvalue weighted by Gasteiger charge is 2.21. The Kier molecular flexibility index (Phi) is 4.45. The predicted molar refractivity (Wildman–Crippen MR) is 73.8 cm³/mol. The molecule has 108 valence electrons. The maximum atomic E-state index is 11.8. The van der Waals surface area contributed by atoms with Crippen molar-refractivity contribution in [3.05, 3.63) is 24.3 Å². The number of phenolic OH excluding ortho intramolecular Hbond substituents is 1. The minimum atomic E-state index is -0.947. The van der Waals surface area contributed by atoms with E-state index in [4.69, 9.17) is 5.11 Å². The first-order valence-corrected chi connectivity index (χ1v) is 6.60. The van der Waals surface area contributed by atoms with E-state index < -0.39 is 5.97 Å². The first kappa shape index (κ1) is 14.2. The molecule has 1 aliphatic heterocycles. The summed E-state index contributed by atoms with van der Waals surface area (Å²) in [6, 6.07) is 7.02. The molecule has 0 atom stereocenters. The fraction of sp³-hybridized carbons (Fsp3) is 0.429. The number of phenols is 1. The second-order valence-corrected chi connectivity index (χ2v) is 4.78. The number of aliphatic carboxylic acids is 1. The van der Waals surface area contributed by atoms with Crippen LogP contribution in [0.5, 0.6) is 5.75 Å². The van der Waals surface area contributed by atoms with Crippen LogP contribution in [-0.4, -0.2) is 53.2 Å². The van der Waals surface area contributed by atoms with Crippen molar-refractivity contribution in [3.8, 4) is 5.75 Å². The third kappa shape index (κ3) is 3.63. The van der Waals surface area contributed by atoms with Gasteiger partial charge in [-0.1, -0.05) is 6.07 Å². The van der Waals surface area contributed by atoms with E-state index in [2.05, 4.69) is 4.90 Å². The van der Waals surface area contributed by atoms with Gasteiger partial charge in [-0.3, -0.25) is 9.59 Å². The molecule has 2 rings (SSSR count). The molecule has 1 aliphatic rings. The molecule has 0 saturated carbocycles. The van der Waals surface area contributed by atoms with E-state index in [0.29, 0.717) is 26.2 Å². The highest BCUT2D eigenvalue weighted by Crippen LogP contribution is 2.21. The lowest BCUT2D eigenvalue weighted by molar-refractivity contribution is -0.141. The van der Waals surface area contributed by atoms with Crippen molar-refractivity contribution in [1.82, 2.24) is 4.90 Å². The molecule has 0 bridgehead atoms. The quantitative estimate of drug-likeness (QED) is 0.855. The molecule has 6 heteroatoms. The van der Waals surface area contributed by atoms with Gasteiger partial charge in [0.15, 0.2) is 0 Å². The molecule has 1 amide bonds. The van der Waals surface area contributed by atoms with Gasteiger partial charge in [0.05, 0.1) is 6.42 Å². The van der Waals surface area contributed by atoms with E-state index >= 15 is 0 Å². The van der Waals surface area contributed by atoms with Crippen LogP contribution >= 0.6 is 0 Å². The summed E-state index contributed by atoms with van der Waals surface area (Å²) < 4.78 is 0. The summed E-state index contributed by atoms with van der Waals surface area (Å²) in [7, 11) is 0. The number of aromatic hydroxyl groups is 1. The van der Waals surface area contributed by atoms with Crippen molar-refractivity contribution in [1.29, 1.82) is 0 Å². The Balaban J connectivity index is 1.86. The summed E-state index contributed by atoms with van der Waals surface area (Å²) in [5, 5.41) is 18.0. The number of piperazine rings is 1. The van der Waals surface area contributed by atoms with E-state index in [1.807, 2.05) is 6.07 Å². The molecule has 20 heavy (non-hydrogen) atoms. The number of benzene rings is 1. The summed E-state index contributed by atoms with van der Waals surface area (Å²) >= 11 is 0. The number of carbonyl (C=O) groups excluding carboxylic acids is 1. The van der Waals surface area contributed by atoms with Crippen molar-refractivity contribution in [2.45, 2.75) is 12.8 Å². The Morgan fingerprint density at radius 3 is 2.40 bits per heavy atom. The predicted octanol–water partition coefficient (Wildman–Crippen LogP) is 0.906. The van der Waals surface area contributed by atoms with Gasteiger partial charge in [0, 0.05) is 44.4 Å². The average Bonchev–Trinajstić information content (AvgIpc) is 2.45. The topological polar surface area (TPSA) is 81.1 Å². The Bertz CT molecular complexity index is 496. The highest BCUT2D eigenvalue weighted by molar-refractivity contribution is 5.81. The standard InChI is InChI=1S/C14H18N2O4/c17-12-3-1-2-11(10-12)15-6-8-16(9-7-15)13(18)4-5-14(19)20/h1-3,10,17H,4-9H2,(H,19,20). The molecule has 6 nitrogen and oxygen atoms in total. The molecular formula is C14H18N2O4. The first-order valence-electron chi connectivity index (χ1n) is 6.60. The van der Waals surface area contributed by atoms with Crippen LogP contribution in [0.4, 0.5) is 5.69 Å². The molecule has 2 N–H and O–H groups in total. The number of nitrogens with zero attached hydrogens (tertiary/aromatic N) is 2. The number of hydrogen-bond donors (Lipinski definition) is 2. The van der Waals surface area contributed by atoms with Crippen LogP contribution in [0.3, 0.4) is 0 Å². The zero-order chi connectivity index (χ0) is 14.5. The van der Waals surface area contributed by atoms with Crippen LogP contribution in [0.25, 0.3) is 0 Å². The van der Waals surface area contributed by atoms with Crippen LogP contribution in [0.2, 0.25) is 0 Å². The van der Waals surface area contributed by atoms with E-state index in [-0.39, 0.29) is 24.5 Å². The fourth-order valence-electron chi connectivity index (χ4n) is 2.28. The molecule has 0 aliphatic carbocycles.